The molecular formula is C44H54N4O8. The third-order valence-corrected chi connectivity index (χ3v) is 10.9. The van der Waals surface area contributed by atoms with E-state index >= 15 is 0 Å². The second kappa shape index (κ2) is 18.9. The highest BCUT2D eigenvalue weighted by atomic mass is 16.5. The van der Waals surface area contributed by atoms with Gasteiger partial charge in [-0.2, -0.15) is 0 Å². The molecule has 0 saturated heterocycles. The molecule has 2 aliphatic heterocycles. The van der Waals surface area contributed by atoms with Gasteiger partial charge in [0.05, 0.1) is 51.2 Å². The first-order valence-electron chi connectivity index (χ1n) is 19.3. The minimum atomic E-state index is -0.254. The molecular weight excluding hydrogens is 713 g/mol. The van der Waals surface area contributed by atoms with E-state index in [0.29, 0.717) is 77.0 Å². The molecule has 2 N–H and O–H groups in total. The molecule has 12 nitrogen and oxygen atoms in total. The van der Waals surface area contributed by atoms with Gasteiger partial charge in [-0.3, -0.25) is 19.2 Å². The average molecular weight is 767 g/mol. The van der Waals surface area contributed by atoms with Gasteiger partial charge in [-0.15, -0.1) is 0 Å². The van der Waals surface area contributed by atoms with Crippen LogP contribution in [0.2, 0.25) is 0 Å². The summed E-state index contributed by atoms with van der Waals surface area (Å²) < 4.78 is 19.7. The Hall–Kier alpha value is -5.52. The van der Waals surface area contributed by atoms with Crippen LogP contribution in [0, 0.1) is 13.8 Å². The number of fused-ring (bicyclic) bond motifs is 8. The zero-order valence-electron chi connectivity index (χ0n) is 34.0. The number of carbonyl (C=O) groups is 4. The Morgan fingerprint density at radius 2 is 0.768 bits per heavy atom. The lowest BCUT2D eigenvalue weighted by Gasteiger charge is -2.05. The summed E-state index contributed by atoms with van der Waals surface area (Å²) in [6.07, 6.45) is 6.15. The van der Waals surface area contributed by atoms with Crippen LogP contribution in [0.5, 0.6) is 0 Å². The van der Waals surface area contributed by atoms with Crippen LogP contribution >= 0.6 is 0 Å². The highest BCUT2D eigenvalue weighted by Crippen LogP contribution is 2.38. The van der Waals surface area contributed by atoms with Crippen molar-refractivity contribution in [1.82, 2.24) is 19.9 Å². The molecule has 0 amide bonds. The Morgan fingerprint density at radius 1 is 0.464 bits per heavy atom. The predicted molar refractivity (Wildman–Crippen MR) is 217 cm³/mol. The number of nitrogens with zero attached hydrogens (tertiary/aromatic N) is 2. The zero-order valence-corrected chi connectivity index (χ0v) is 34.0. The molecule has 8 bridgehead atoms. The lowest BCUT2D eigenvalue weighted by Crippen LogP contribution is -2.00. The molecule has 0 radical (unpaired) electrons. The summed E-state index contributed by atoms with van der Waals surface area (Å²) in [5.41, 5.74) is 15.2. The number of carbonyl (C=O) groups excluding carboxylic acids is 4. The first kappa shape index (κ1) is 41.6. The van der Waals surface area contributed by atoms with Crippen LogP contribution in [0.3, 0.4) is 0 Å². The number of aryl methyl sites for hydroxylation is 4. The Morgan fingerprint density at radius 3 is 1.09 bits per heavy atom. The molecule has 2 aliphatic rings. The van der Waals surface area contributed by atoms with Crippen molar-refractivity contribution in [3.05, 3.63) is 69.3 Å². The van der Waals surface area contributed by atoms with Crippen molar-refractivity contribution in [2.75, 3.05) is 28.4 Å². The van der Waals surface area contributed by atoms with E-state index in [4.69, 9.17) is 28.9 Å². The minimum absolute atomic E-state index is 0.252. The van der Waals surface area contributed by atoms with Crippen LogP contribution in [0.1, 0.15) is 123 Å². The molecule has 3 aromatic heterocycles. The molecule has 12 heteroatoms. The molecule has 0 fully saturated rings. The van der Waals surface area contributed by atoms with Crippen molar-refractivity contribution >= 4 is 68.2 Å². The van der Waals surface area contributed by atoms with Gasteiger partial charge in [0.25, 0.3) is 0 Å². The summed E-state index contributed by atoms with van der Waals surface area (Å²) in [4.78, 5) is 66.1. The van der Waals surface area contributed by atoms with Crippen molar-refractivity contribution in [2.45, 2.75) is 105 Å². The quantitative estimate of drug-likeness (QED) is 0.107. The molecule has 5 rings (SSSR count). The van der Waals surface area contributed by atoms with Gasteiger partial charge >= 0.3 is 23.9 Å². The van der Waals surface area contributed by atoms with Crippen molar-refractivity contribution < 1.29 is 38.1 Å². The number of ether oxygens (including phenoxy) is 4. The fourth-order valence-electron chi connectivity index (χ4n) is 7.54. The van der Waals surface area contributed by atoms with Crippen LogP contribution in [0.25, 0.3) is 44.4 Å². The average Bonchev–Trinajstić information content (AvgIpc) is 3.85. The van der Waals surface area contributed by atoms with Gasteiger partial charge in [0.2, 0.25) is 0 Å². The summed E-state index contributed by atoms with van der Waals surface area (Å²) in [6, 6.07) is 8.30. The third kappa shape index (κ3) is 9.64. The zero-order chi connectivity index (χ0) is 40.5. The number of aromatic nitrogens is 4. The maximum absolute atomic E-state index is 12.1. The lowest BCUT2D eigenvalue weighted by atomic mass is 9.98. The summed E-state index contributed by atoms with van der Waals surface area (Å²) >= 11 is 0. The maximum Gasteiger partial charge on any atom is 0.305 e. The van der Waals surface area contributed by atoms with Gasteiger partial charge < -0.3 is 28.9 Å². The number of rotatable bonds is 16. The Bertz CT molecular complexity index is 2080. The van der Waals surface area contributed by atoms with E-state index < -0.39 is 0 Å². The highest BCUT2D eigenvalue weighted by molar-refractivity contribution is 5.95. The molecule has 0 aromatic carbocycles. The number of hydrogen-bond acceptors (Lipinski definition) is 10. The Kier molecular flexibility index (Phi) is 14.0. The lowest BCUT2D eigenvalue weighted by molar-refractivity contribution is -0.141. The molecule has 0 aliphatic carbocycles. The van der Waals surface area contributed by atoms with E-state index in [1.807, 2.05) is 0 Å². The molecule has 0 spiro atoms. The third-order valence-electron chi connectivity index (χ3n) is 10.9. The standard InChI is InChI=1S/C44H54N4O8/c1-25-29(13-9-17-41(49)53-5)37-22-34-27(3)31(15-11-19-43(51)55-7)39(47-34)24-36-28(4)32(16-12-20-44(52)56-8)40(48-36)23-35-26(2)30(14-10-18-42(50)54-6)38(46-35)21-33(25)45-37/h21-24,45,48H,9-20H2,1-8H3. The first-order chi connectivity index (χ1) is 26.9. The smallest absolute Gasteiger partial charge is 0.305 e. The number of allylic oxidation sites excluding steroid dienone is 4. The first-order valence-corrected chi connectivity index (χ1v) is 19.3. The summed E-state index contributed by atoms with van der Waals surface area (Å²) in [7, 11) is 5.61. The van der Waals surface area contributed by atoms with Crippen LogP contribution in [-0.2, 0) is 51.0 Å². The van der Waals surface area contributed by atoms with Gasteiger partial charge in [-0.1, -0.05) is 0 Å². The van der Waals surface area contributed by atoms with Crippen molar-refractivity contribution in [2.24, 2.45) is 0 Å². The summed E-state index contributed by atoms with van der Waals surface area (Å²) in [5, 5.41) is 0. The largest absolute Gasteiger partial charge is 0.469 e. The fraction of sp³-hybridized carbons (Fsp3) is 0.455. The summed E-state index contributed by atoms with van der Waals surface area (Å²) in [6.45, 7) is 8.28. The minimum Gasteiger partial charge on any atom is -0.469 e. The van der Waals surface area contributed by atoms with E-state index in [1.54, 1.807) is 0 Å². The van der Waals surface area contributed by atoms with Crippen molar-refractivity contribution in [3.8, 4) is 0 Å². The maximum atomic E-state index is 12.1. The SMILES string of the molecule is COC(=O)CCCC1=C(C)c2cc3[nH]c(cc4nc(cc5[nH]c(cc1n2)c(C)c5CCCC(=O)OC)C(C)=C4CCCC(=O)OC)c(C)c3CCCC(=O)OC. The Balaban J connectivity index is 1.80. The van der Waals surface area contributed by atoms with Gasteiger partial charge in [0.15, 0.2) is 0 Å². The van der Waals surface area contributed by atoms with E-state index in [0.717, 1.165) is 89.4 Å². The van der Waals surface area contributed by atoms with Crippen molar-refractivity contribution in [1.29, 1.82) is 0 Å². The van der Waals surface area contributed by atoms with Crippen molar-refractivity contribution in [3.63, 3.8) is 0 Å². The van der Waals surface area contributed by atoms with Gasteiger partial charge in [-0.05, 0) is 148 Å². The van der Waals surface area contributed by atoms with Gasteiger partial charge in [0, 0.05) is 47.8 Å². The molecule has 298 valence electrons. The second-order valence-corrected chi connectivity index (χ2v) is 14.4. The normalized spacial score (nSPS) is 12.6. The van der Waals surface area contributed by atoms with Gasteiger partial charge in [-0.25, -0.2) is 9.97 Å². The highest BCUT2D eigenvalue weighted by Gasteiger charge is 2.22. The number of H-pyrrole nitrogens is 2. The Labute approximate surface area is 328 Å². The van der Waals surface area contributed by atoms with Crippen LogP contribution in [0.4, 0.5) is 0 Å². The molecule has 0 saturated carbocycles. The molecule has 56 heavy (non-hydrogen) atoms. The number of methoxy groups -OCH3 is 4. The number of aromatic amines is 2. The van der Waals surface area contributed by atoms with Gasteiger partial charge in [0.1, 0.15) is 0 Å². The van der Waals surface area contributed by atoms with E-state index in [1.165, 1.54) is 28.4 Å². The van der Waals surface area contributed by atoms with E-state index in [-0.39, 0.29) is 23.9 Å². The fourth-order valence-corrected chi connectivity index (χ4v) is 7.54. The molecule has 5 heterocycles. The molecule has 0 atom stereocenters. The molecule has 3 aromatic rings. The number of hydrogen-bond donors (Lipinski definition) is 2. The number of nitrogens with one attached hydrogen (secondary N) is 2. The topological polar surface area (TPSA) is 163 Å². The van der Waals surface area contributed by atoms with Crippen LogP contribution < -0.4 is 0 Å². The predicted octanol–water partition coefficient (Wildman–Crippen LogP) is 8.47. The van der Waals surface area contributed by atoms with E-state index in [2.05, 4.69) is 61.9 Å². The van der Waals surface area contributed by atoms with Crippen LogP contribution in [-0.4, -0.2) is 72.3 Å². The summed E-state index contributed by atoms with van der Waals surface area (Å²) in [5.74, 6) is -1.01. The van der Waals surface area contributed by atoms with Crippen LogP contribution in [0.15, 0.2) is 24.3 Å². The number of esters is 4. The monoisotopic (exact) mass is 766 g/mol. The second-order valence-electron chi connectivity index (χ2n) is 14.4. The van der Waals surface area contributed by atoms with E-state index in [9.17, 15) is 19.2 Å². The molecule has 0 unspecified atom stereocenters.